The summed E-state index contributed by atoms with van der Waals surface area (Å²) in [6.45, 7) is 2.31. The summed E-state index contributed by atoms with van der Waals surface area (Å²) in [7, 11) is 0. The molecule has 13 heavy (non-hydrogen) atoms. The van der Waals surface area contributed by atoms with E-state index >= 15 is 0 Å². The van der Waals surface area contributed by atoms with Gasteiger partial charge in [0.05, 0.1) is 6.61 Å². The zero-order valence-electron chi connectivity index (χ0n) is 8.29. The molecule has 76 valence electrons. The van der Waals surface area contributed by atoms with Crippen molar-refractivity contribution in [2.45, 2.75) is 45.1 Å². The van der Waals surface area contributed by atoms with Gasteiger partial charge < -0.3 is 10.5 Å². The van der Waals surface area contributed by atoms with Crippen LogP contribution in [-0.2, 0) is 9.53 Å². The number of rotatable bonds is 3. The van der Waals surface area contributed by atoms with Crippen molar-refractivity contribution in [3.63, 3.8) is 0 Å². The van der Waals surface area contributed by atoms with E-state index in [1.165, 1.54) is 12.8 Å². The maximum Gasteiger partial charge on any atom is 0.306 e. The predicted octanol–water partition coefficient (Wildman–Crippen LogP) is 1.46. The van der Waals surface area contributed by atoms with Crippen LogP contribution in [0.1, 0.15) is 39.0 Å². The second-order valence-electron chi connectivity index (χ2n) is 3.72. The first-order chi connectivity index (χ1) is 6.24. The van der Waals surface area contributed by atoms with Gasteiger partial charge in [0, 0.05) is 12.5 Å². The first kappa shape index (κ1) is 10.5. The van der Waals surface area contributed by atoms with E-state index in [2.05, 4.69) is 0 Å². The average molecular weight is 185 g/mol. The fraction of sp³-hybridized carbons (Fsp3) is 0.900. The molecule has 0 aromatic carbocycles. The van der Waals surface area contributed by atoms with Crippen LogP contribution in [0, 0.1) is 5.92 Å². The number of hydrogen-bond donors (Lipinski definition) is 1. The summed E-state index contributed by atoms with van der Waals surface area (Å²) in [4.78, 5) is 11.2. The number of ether oxygens (including phenoxy) is 1. The van der Waals surface area contributed by atoms with E-state index in [-0.39, 0.29) is 12.0 Å². The summed E-state index contributed by atoms with van der Waals surface area (Å²) in [5.74, 6) is 0.262. The van der Waals surface area contributed by atoms with E-state index in [0.29, 0.717) is 18.9 Å². The van der Waals surface area contributed by atoms with Crippen molar-refractivity contribution in [3.8, 4) is 0 Å². The van der Waals surface area contributed by atoms with Gasteiger partial charge in [0.25, 0.3) is 0 Å². The van der Waals surface area contributed by atoms with Gasteiger partial charge in [0.1, 0.15) is 0 Å². The molecule has 0 bridgehead atoms. The Bertz CT molecular complexity index is 170. The van der Waals surface area contributed by atoms with E-state index in [0.717, 1.165) is 12.8 Å². The summed E-state index contributed by atoms with van der Waals surface area (Å²) in [6, 6.07) is 0.207. The molecular formula is C10H19NO2. The first-order valence-corrected chi connectivity index (χ1v) is 5.15. The van der Waals surface area contributed by atoms with Crippen LogP contribution in [0.4, 0.5) is 0 Å². The Hall–Kier alpha value is -0.570. The second kappa shape index (κ2) is 5.22. The molecule has 0 aliphatic heterocycles. The quantitative estimate of drug-likeness (QED) is 0.677. The number of carbonyl (C=O) groups is 1. The predicted molar refractivity (Wildman–Crippen MR) is 51.2 cm³/mol. The highest BCUT2D eigenvalue weighted by Crippen LogP contribution is 2.25. The molecule has 2 N–H and O–H groups in total. The fourth-order valence-electron chi connectivity index (χ4n) is 1.92. The molecule has 0 saturated heterocycles. The van der Waals surface area contributed by atoms with Crippen LogP contribution < -0.4 is 5.73 Å². The van der Waals surface area contributed by atoms with E-state index < -0.39 is 0 Å². The van der Waals surface area contributed by atoms with Crippen molar-refractivity contribution in [1.82, 2.24) is 0 Å². The van der Waals surface area contributed by atoms with Gasteiger partial charge in [-0.25, -0.2) is 0 Å². The fourth-order valence-corrected chi connectivity index (χ4v) is 1.92. The van der Waals surface area contributed by atoms with Gasteiger partial charge in [-0.2, -0.15) is 0 Å². The molecule has 1 aliphatic rings. The van der Waals surface area contributed by atoms with Crippen molar-refractivity contribution in [2.24, 2.45) is 11.7 Å². The largest absolute Gasteiger partial charge is 0.466 e. The standard InChI is InChI=1S/C10H19NO2/c1-2-13-10(12)7-8-5-3-4-6-9(8)11/h8-9H,2-7,11H2,1H3/t8-,9-/m0/s1. The summed E-state index contributed by atoms with van der Waals surface area (Å²) in [5, 5.41) is 0. The normalized spacial score (nSPS) is 28.5. The topological polar surface area (TPSA) is 52.3 Å². The molecular weight excluding hydrogens is 166 g/mol. The molecule has 0 radical (unpaired) electrons. The second-order valence-corrected chi connectivity index (χ2v) is 3.72. The maximum absolute atomic E-state index is 11.2. The number of nitrogens with two attached hydrogens (primary N) is 1. The molecule has 0 heterocycles. The molecule has 1 rings (SSSR count). The lowest BCUT2D eigenvalue weighted by Gasteiger charge is -2.27. The van der Waals surface area contributed by atoms with Gasteiger partial charge in [0.15, 0.2) is 0 Å². The van der Waals surface area contributed by atoms with Crippen LogP contribution >= 0.6 is 0 Å². The lowest BCUT2D eigenvalue weighted by molar-refractivity contribution is -0.144. The molecule has 0 aromatic rings. The zero-order valence-corrected chi connectivity index (χ0v) is 8.29. The molecule has 0 amide bonds. The Morgan fingerprint density at radius 3 is 2.77 bits per heavy atom. The molecule has 3 heteroatoms. The SMILES string of the molecule is CCOC(=O)C[C@@H]1CCCC[C@@H]1N. The molecule has 0 aromatic heterocycles. The summed E-state index contributed by atoms with van der Waals surface area (Å²) in [5.41, 5.74) is 5.92. The number of carbonyl (C=O) groups excluding carboxylic acids is 1. The van der Waals surface area contributed by atoms with E-state index in [9.17, 15) is 4.79 Å². The van der Waals surface area contributed by atoms with Crippen LogP contribution in [0.2, 0.25) is 0 Å². The van der Waals surface area contributed by atoms with Gasteiger partial charge in [-0.3, -0.25) is 4.79 Å². The van der Waals surface area contributed by atoms with Gasteiger partial charge in [0.2, 0.25) is 0 Å². The molecule has 0 unspecified atom stereocenters. The van der Waals surface area contributed by atoms with Crippen molar-refractivity contribution >= 4 is 5.97 Å². The maximum atomic E-state index is 11.2. The molecule has 3 nitrogen and oxygen atoms in total. The van der Waals surface area contributed by atoms with Crippen LogP contribution in [0.3, 0.4) is 0 Å². The third-order valence-corrected chi connectivity index (χ3v) is 2.70. The van der Waals surface area contributed by atoms with Gasteiger partial charge >= 0.3 is 5.97 Å². The molecule has 1 fully saturated rings. The molecule has 2 atom stereocenters. The highest BCUT2D eigenvalue weighted by atomic mass is 16.5. The zero-order chi connectivity index (χ0) is 9.68. The minimum atomic E-state index is -0.0927. The lowest BCUT2D eigenvalue weighted by Crippen LogP contribution is -2.34. The van der Waals surface area contributed by atoms with Gasteiger partial charge in [-0.05, 0) is 25.7 Å². The monoisotopic (exact) mass is 185 g/mol. The Morgan fingerprint density at radius 2 is 2.15 bits per heavy atom. The van der Waals surface area contributed by atoms with Crippen LogP contribution in [0.25, 0.3) is 0 Å². The Balaban J connectivity index is 2.29. The minimum Gasteiger partial charge on any atom is -0.466 e. The molecule has 1 aliphatic carbocycles. The van der Waals surface area contributed by atoms with Crippen molar-refractivity contribution < 1.29 is 9.53 Å². The van der Waals surface area contributed by atoms with Crippen molar-refractivity contribution in [1.29, 1.82) is 0 Å². The smallest absolute Gasteiger partial charge is 0.306 e. The number of esters is 1. The summed E-state index contributed by atoms with van der Waals surface area (Å²) >= 11 is 0. The lowest BCUT2D eigenvalue weighted by atomic mass is 9.83. The average Bonchev–Trinajstić information content (AvgIpc) is 2.09. The van der Waals surface area contributed by atoms with Gasteiger partial charge in [-0.15, -0.1) is 0 Å². The first-order valence-electron chi connectivity index (χ1n) is 5.15. The summed E-state index contributed by atoms with van der Waals surface area (Å²) < 4.78 is 4.90. The van der Waals surface area contributed by atoms with Crippen LogP contribution in [-0.4, -0.2) is 18.6 Å². The van der Waals surface area contributed by atoms with E-state index in [1.807, 2.05) is 6.92 Å². The molecule has 1 saturated carbocycles. The van der Waals surface area contributed by atoms with Crippen LogP contribution in [0.15, 0.2) is 0 Å². The third kappa shape index (κ3) is 3.35. The Labute approximate surface area is 79.6 Å². The Morgan fingerprint density at radius 1 is 1.46 bits per heavy atom. The van der Waals surface area contributed by atoms with E-state index in [4.69, 9.17) is 10.5 Å². The van der Waals surface area contributed by atoms with Gasteiger partial charge in [-0.1, -0.05) is 12.8 Å². The molecule has 0 spiro atoms. The summed E-state index contributed by atoms with van der Waals surface area (Å²) in [6.07, 6.45) is 5.07. The highest BCUT2D eigenvalue weighted by molar-refractivity contribution is 5.69. The Kier molecular flexibility index (Phi) is 4.22. The van der Waals surface area contributed by atoms with E-state index in [1.54, 1.807) is 0 Å². The van der Waals surface area contributed by atoms with Crippen molar-refractivity contribution in [3.05, 3.63) is 0 Å². The minimum absolute atomic E-state index is 0.0927. The highest BCUT2D eigenvalue weighted by Gasteiger charge is 2.24. The third-order valence-electron chi connectivity index (χ3n) is 2.70. The van der Waals surface area contributed by atoms with Crippen LogP contribution in [0.5, 0.6) is 0 Å². The number of hydrogen-bond acceptors (Lipinski definition) is 3. The van der Waals surface area contributed by atoms with Crippen molar-refractivity contribution in [2.75, 3.05) is 6.61 Å².